The molecule has 0 amide bonds. The Morgan fingerprint density at radius 3 is 1.52 bits per heavy atom. The minimum absolute atomic E-state index is 0. The van der Waals surface area contributed by atoms with Crippen molar-refractivity contribution in [1.82, 2.24) is 4.90 Å². The van der Waals surface area contributed by atoms with E-state index < -0.39 is 0 Å². The second kappa shape index (κ2) is 19.0. The third-order valence-electron chi connectivity index (χ3n) is 5.77. The van der Waals surface area contributed by atoms with Crippen LogP contribution in [-0.4, -0.2) is 18.0 Å². The maximum Gasteiger partial charge on any atom is 0.0347 e. The van der Waals surface area contributed by atoms with Gasteiger partial charge >= 0.3 is 0 Å². The van der Waals surface area contributed by atoms with Crippen molar-refractivity contribution in [3.63, 3.8) is 0 Å². The number of hydrogen-bond donors (Lipinski definition) is 0. The van der Waals surface area contributed by atoms with Gasteiger partial charge in [-0.15, -0.1) is 17.0 Å². The molecular formula is C25H46BrN. The second-order valence-corrected chi connectivity index (χ2v) is 7.83. The molecule has 0 N–H and O–H groups in total. The van der Waals surface area contributed by atoms with Crippen LogP contribution in [0.3, 0.4) is 0 Å². The highest BCUT2D eigenvalue weighted by Crippen LogP contribution is 2.26. The molecule has 1 atom stereocenters. The highest BCUT2D eigenvalue weighted by molar-refractivity contribution is 8.93. The average Bonchev–Trinajstić information content (AvgIpc) is 2.68. The van der Waals surface area contributed by atoms with Crippen LogP contribution in [0.2, 0.25) is 0 Å². The van der Waals surface area contributed by atoms with Crippen molar-refractivity contribution in [2.24, 2.45) is 0 Å². The predicted octanol–water partition coefficient (Wildman–Crippen LogP) is 8.74. The lowest BCUT2D eigenvalue weighted by Gasteiger charge is -2.30. The standard InChI is InChI=1S/C25H45N.BrH/c1-4-7-8-9-10-11-12-13-14-15-16-20-23-25(26(5-2)6-3)24-21-18-17-19-22-24;/h17-19,21-22,25H,4-16,20,23H2,1-3H3;1H. The Morgan fingerprint density at radius 1 is 0.630 bits per heavy atom. The fourth-order valence-corrected chi connectivity index (χ4v) is 4.08. The van der Waals surface area contributed by atoms with E-state index in [1.165, 1.54) is 89.0 Å². The van der Waals surface area contributed by atoms with E-state index in [2.05, 4.69) is 56.0 Å². The van der Waals surface area contributed by atoms with Crippen LogP contribution in [0.5, 0.6) is 0 Å². The van der Waals surface area contributed by atoms with E-state index >= 15 is 0 Å². The number of unbranched alkanes of at least 4 members (excludes halogenated alkanes) is 11. The molecule has 2 heteroatoms. The van der Waals surface area contributed by atoms with Crippen molar-refractivity contribution in [3.8, 4) is 0 Å². The van der Waals surface area contributed by atoms with Gasteiger partial charge in [0.2, 0.25) is 0 Å². The van der Waals surface area contributed by atoms with E-state index in [4.69, 9.17) is 0 Å². The van der Waals surface area contributed by atoms with Crippen LogP contribution >= 0.6 is 17.0 Å². The van der Waals surface area contributed by atoms with Gasteiger partial charge in [-0.1, -0.05) is 128 Å². The summed E-state index contributed by atoms with van der Waals surface area (Å²) in [5, 5.41) is 0. The Kier molecular flexibility index (Phi) is 18.8. The summed E-state index contributed by atoms with van der Waals surface area (Å²) in [6.45, 7) is 9.18. The van der Waals surface area contributed by atoms with Crippen molar-refractivity contribution >= 4 is 17.0 Å². The molecule has 0 aliphatic heterocycles. The first-order valence-corrected chi connectivity index (χ1v) is 11.6. The predicted molar refractivity (Wildman–Crippen MR) is 128 cm³/mol. The van der Waals surface area contributed by atoms with Gasteiger partial charge in [-0.2, -0.15) is 0 Å². The monoisotopic (exact) mass is 439 g/mol. The van der Waals surface area contributed by atoms with E-state index in [1.807, 2.05) is 0 Å². The first-order chi connectivity index (χ1) is 12.8. The molecule has 0 fully saturated rings. The van der Waals surface area contributed by atoms with Gasteiger partial charge in [-0.3, -0.25) is 4.90 Å². The maximum atomic E-state index is 2.62. The molecule has 0 saturated heterocycles. The number of nitrogens with zero attached hydrogens (tertiary/aromatic N) is 1. The van der Waals surface area contributed by atoms with Gasteiger partial charge in [0, 0.05) is 6.04 Å². The van der Waals surface area contributed by atoms with E-state index in [0.717, 1.165) is 13.1 Å². The Hall–Kier alpha value is -0.340. The van der Waals surface area contributed by atoms with Crippen molar-refractivity contribution in [3.05, 3.63) is 35.9 Å². The average molecular weight is 441 g/mol. The van der Waals surface area contributed by atoms with Gasteiger partial charge in [0.05, 0.1) is 0 Å². The lowest BCUT2D eigenvalue weighted by molar-refractivity contribution is 0.204. The summed E-state index contributed by atoms with van der Waals surface area (Å²) in [7, 11) is 0. The lowest BCUT2D eigenvalue weighted by atomic mass is 9.98. The zero-order chi connectivity index (χ0) is 18.9. The SMILES string of the molecule is Br.CCCCCCCCCCCCCCC(c1ccccc1)N(CC)CC. The minimum atomic E-state index is 0. The zero-order valence-electron chi connectivity index (χ0n) is 18.4. The third-order valence-corrected chi connectivity index (χ3v) is 5.77. The largest absolute Gasteiger partial charge is 0.297 e. The van der Waals surface area contributed by atoms with Crippen molar-refractivity contribution < 1.29 is 0 Å². The van der Waals surface area contributed by atoms with Crippen LogP contribution in [0.15, 0.2) is 30.3 Å². The molecule has 0 heterocycles. The van der Waals surface area contributed by atoms with E-state index in [1.54, 1.807) is 0 Å². The van der Waals surface area contributed by atoms with Crippen LogP contribution in [0, 0.1) is 0 Å². The molecule has 1 aromatic carbocycles. The summed E-state index contributed by atoms with van der Waals surface area (Å²) in [5.41, 5.74) is 1.50. The lowest BCUT2D eigenvalue weighted by Crippen LogP contribution is -2.28. The highest BCUT2D eigenvalue weighted by Gasteiger charge is 2.16. The summed E-state index contributed by atoms with van der Waals surface area (Å²) in [6.07, 6.45) is 18.5. The van der Waals surface area contributed by atoms with E-state index in [0.29, 0.717) is 6.04 Å². The summed E-state index contributed by atoms with van der Waals surface area (Å²) >= 11 is 0. The molecule has 1 nitrogen and oxygen atoms in total. The molecule has 0 saturated carbocycles. The Balaban J connectivity index is 0.00000676. The third kappa shape index (κ3) is 12.7. The molecule has 0 aliphatic carbocycles. The molecule has 0 spiro atoms. The van der Waals surface area contributed by atoms with Gasteiger partial charge < -0.3 is 0 Å². The molecule has 27 heavy (non-hydrogen) atoms. The van der Waals surface area contributed by atoms with Gasteiger partial charge in [-0.25, -0.2) is 0 Å². The first kappa shape index (κ1) is 26.7. The molecule has 1 unspecified atom stereocenters. The van der Waals surface area contributed by atoms with Gasteiger partial charge in [0.15, 0.2) is 0 Å². The van der Waals surface area contributed by atoms with Gasteiger partial charge in [0.25, 0.3) is 0 Å². The summed E-state index contributed by atoms with van der Waals surface area (Å²) in [6, 6.07) is 11.7. The highest BCUT2D eigenvalue weighted by atomic mass is 79.9. The first-order valence-electron chi connectivity index (χ1n) is 11.6. The Labute approximate surface area is 181 Å². The van der Waals surface area contributed by atoms with Crippen LogP contribution in [0.4, 0.5) is 0 Å². The van der Waals surface area contributed by atoms with Gasteiger partial charge in [0.1, 0.15) is 0 Å². The molecule has 0 aliphatic rings. The van der Waals surface area contributed by atoms with Crippen LogP contribution in [-0.2, 0) is 0 Å². The Morgan fingerprint density at radius 2 is 1.07 bits per heavy atom. The van der Waals surface area contributed by atoms with Crippen LogP contribution in [0.25, 0.3) is 0 Å². The number of benzene rings is 1. The molecule has 0 aromatic heterocycles. The number of rotatable bonds is 17. The number of halogens is 1. The van der Waals surface area contributed by atoms with Crippen molar-refractivity contribution in [1.29, 1.82) is 0 Å². The molecule has 1 aromatic rings. The van der Waals surface area contributed by atoms with Crippen LogP contribution in [0.1, 0.15) is 116 Å². The number of hydrogen-bond acceptors (Lipinski definition) is 1. The fraction of sp³-hybridized carbons (Fsp3) is 0.760. The summed E-state index contributed by atoms with van der Waals surface area (Å²) in [5.74, 6) is 0. The van der Waals surface area contributed by atoms with E-state index in [9.17, 15) is 0 Å². The Bertz CT molecular complexity index is 402. The topological polar surface area (TPSA) is 3.24 Å². The van der Waals surface area contributed by atoms with E-state index in [-0.39, 0.29) is 17.0 Å². The molecular weight excluding hydrogens is 394 g/mol. The fourth-order valence-electron chi connectivity index (χ4n) is 4.08. The molecule has 158 valence electrons. The summed E-state index contributed by atoms with van der Waals surface area (Å²) < 4.78 is 0. The second-order valence-electron chi connectivity index (χ2n) is 7.83. The summed E-state index contributed by atoms with van der Waals surface area (Å²) in [4.78, 5) is 2.62. The maximum absolute atomic E-state index is 2.62. The van der Waals surface area contributed by atoms with Crippen LogP contribution < -0.4 is 0 Å². The normalized spacial score (nSPS) is 12.1. The van der Waals surface area contributed by atoms with Gasteiger partial charge in [-0.05, 0) is 25.1 Å². The minimum Gasteiger partial charge on any atom is -0.297 e. The quantitative estimate of drug-likeness (QED) is 0.219. The molecule has 0 radical (unpaired) electrons. The molecule has 0 bridgehead atoms. The van der Waals surface area contributed by atoms with Crippen molar-refractivity contribution in [2.75, 3.05) is 13.1 Å². The molecule has 1 rings (SSSR count). The zero-order valence-corrected chi connectivity index (χ0v) is 20.1. The van der Waals surface area contributed by atoms with Crippen molar-refractivity contribution in [2.45, 2.75) is 110 Å². The smallest absolute Gasteiger partial charge is 0.0347 e.